The predicted octanol–water partition coefficient (Wildman–Crippen LogP) is 3.50. The van der Waals surface area contributed by atoms with Crippen molar-refractivity contribution in [3.63, 3.8) is 0 Å². The predicted molar refractivity (Wildman–Crippen MR) is 113 cm³/mol. The van der Waals surface area contributed by atoms with Crippen molar-refractivity contribution >= 4 is 11.9 Å². The first-order chi connectivity index (χ1) is 14.4. The van der Waals surface area contributed by atoms with Gasteiger partial charge in [0.25, 0.3) is 5.91 Å². The molecule has 0 saturated heterocycles. The van der Waals surface area contributed by atoms with E-state index in [1.807, 2.05) is 25.1 Å². The highest BCUT2D eigenvalue weighted by Crippen LogP contribution is 2.27. The molecule has 7 heteroatoms. The Labute approximate surface area is 177 Å². The second-order valence-electron chi connectivity index (χ2n) is 7.29. The van der Waals surface area contributed by atoms with Crippen molar-refractivity contribution in [1.29, 1.82) is 0 Å². The largest absolute Gasteiger partial charge is 0.503 e. The van der Waals surface area contributed by atoms with E-state index in [9.17, 15) is 14.7 Å². The molecule has 0 saturated carbocycles. The van der Waals surface area contributed by atoms with Gasteiger partial charge in [0, 0.05) is 12.3 Å². The summed E-state index contributed by atoms with van der Waals surface area (Å²) in [6.45, 7) is 5.52. The molecule has 30 heavy (non-hydrogen) atoms. The van der Waals surface area contributed by atoms with E-state index in [0.29, 0.717) is 0 Å². The maximum atomic E-state index is 12.5. The van der Waals surface area contributed by atoms with Crippen LogP contribution in [0, 0.1) is 5.92 Å². The molecule has 2 rings (SSSR count). The Morgan fingerprint density at radius 2 is 1.87 bits per heavy atom. The smallest absolute Gasteiger partial charge is 0.328 e. The van der Waals surface area contributed by atoms with Crippen LogP contribution in [0.5, 0.6) is 11.5 Å². The first-order valence-electron chi connectivity index (χ1n) is 10.1. The monoisotopic (exact) mass is 414 g/mol. The highest BCUT2D eigenvalue weighted by Gasteiger charge is 2.26. The first kappa shape index (κ1) is 23.2. The maximum absolute atomic E-state index is 12.5. The molecule has 0 aliphatic heterocycles. The Bertz CT molecular complexity index is 841. The van der Waals surface area contributed by atoms with Crippen molar-refractivity contribution in [3.05, 3.63) is 53.9 Å². The van der Waals surface area contributed by atoms with Crippen LogP contribution in [-0.2, 0) is 16.0 Å². The van der Waals surface area contributed by atoms with Gasteiger partial charge in [0.15, 0.2) is 17.2 Å². The lowest BCUT2D eigenvalue weighted by atomic mass is 9.90. The molecule has 1 heterocycles. The number of methoxy groups -OCH3 is 1. The van der Waals surface area contributed by atoms with Gasteiger partial charge in [-0.1, -0.05) is 43.7 Å². The number of nitrogens with zero attached hydrogens (tertiary/aromatic N) is 1. The zero-order valence-electron chi connectivity index (χ0n) is 17.9. The van der Waals surface area contributed by atoms with Crippen LogP contribution in [-0.4, -0.2) is 41.2 Å². The van der Waals surface area contributed by atoms with E-state index in [4.69, 9.17) is 9.47 Å². The molecule has 162 valence electrons. The average Bonchev–Trinajstić information content (AvgIpc) is 2.74. The van der Waals surface area contributed by atoms with Crippen LogP contribution in [0.25, 0.3) is 0 Å². The number of hydrogen-bond donors (Lipinski definition) is 2. The van der Waals surface area contributed by atoms with Gasteiger partial charge in [0.2, 0.25) is 0 Å². The standard InChI is InChI=1S/C23H30N2O5/c1-5-9-18(14-17-10-7-6-8-11-17)16(3)30-23(28)15(2)25-22(27)20-21(26)19(29-4)12-13-24-20/h6-8,10-13,15-16,18,26H,5,9,14H2,1-4H3,(H,25,27)/t15-,16-,18-/m0/s1. The molecule has 3 atom stereocenters. The number of pyridine rings is 1. The van der Waals surface area contributed by atoms with Crippen molar-refractivity contribution < 1.29 is 24.2 Å². The van der Waals surface area contributed by atoms with Crippen LogP contribution in [0.4, 0.5) is 0 Å². The summed E-state index contributed by atoms with van der Waals surface area (Å²) in [5.41, 5.74) is 0.981. The summed E-state index contributed by atoms with van der Waals surface area (Å²) in [5, 5.41) is 12.6. The van der Waals surface area contributed by atoms with Gasteiger partial charge in [-0.05, 0) is 38.2 Å². The molecule has 0 fully saturated rings. The SMILES string of the molecule is CCC[C@@H](Cc1ccccc1)[C@H](C)OC(=O)[C@H](C)NC(=O)c1nccc(OC)c1O. The summed E-state index contributed by atoms with van der Waals surface area (Å²) in [6.07, 6.45) is 3.75. The fourth-order valence-electron chi connectivity index (χ4n) is 3.26. The van der Waals surface area contributed by atoms with Crippen molar-refractivity contribution in [3.8, 4) is 11.5 Å². The number of aromatic hydroxyl groups is 1. The number of amides is 1. The number of hydrogen-bond acceptors (Lipinski definition) is 6. The fraction of sp³-hybridized carbons (Fsp3) is 0.435. The summed E-state index contributed by atoms with van der Waals surface area (Å²) < 4.78 is 10.6. The number of rotatable bonds is 10. The molecule has 0 unspecified atom stereocenters. The highest BCUT2D eigenvalue weighted by molar-refractivity contribution is 5.97. The van der Waals surface area contributed by atoms with Crippen molar-refractivity contribution in [2.75, 3.05) is 7.11 Å². The van der Waals surface area contributed by atoms with E-state index in [-0.39, 0.29) is 29.2 Å². The maximum Gasteiger partial charge on any atom is 0.328 e. The van der Waals surface area contributed by atoms with Gasteiger partial charge in [0.05, 0.1) is 7.11 Å². The van der Waals surface area contributed by atoms with E-state index in [1.165, 1.54) is 31.9 Å². The van der Waals surface area contributed by atoms with Crippen LogP contribution in [0.2, 0.25) is 0 Å². The zero-order valence-corrected chi connectivity index (χ0v) is 17.9. The van der Waals surface area contributed by atoms with Gasteiger partial charge in [-0.25, -0.2) is 9.78 Å². The van der Waals surface area contributed by atoms with E-state index in [0.717, 1.165) is 19.3 Å². The molecule has 0 aliphatic rings. The molecule has 0 bridgehead atoms. The second-order valence-corrected chi connectivity index (χ2v) is 7.29. The number of carbonyl (C=O) groups is 2. The number of ether oxygens (including phenoxy) is 2. The first-order valence-corrected chi connectivity index (χ1v) is 10.1. The molecule has 0 aliphatic carbocycles. The molecule has 1 aromatic heterocycles. The van der Waals surface area contributed by atoms with E-state index in [2.05, 4.69) is 29.4 Å². The number of nitrogens with one attached hydrogen (secondary N) is 1. The lowest BCUT2D eigenvalue weighted by molar-refractivity contribution is -0.152. The molecular weight excluding hydrogens is 384 g/mol. The average molecular weight is 415 g/mol. The summed E-state index contributed by atoms with van der Waals surface area (Å²) in [4.78, 5) is 28.8. The topological polar surface area (TPSA) is 97.8 Å². The molecule has 2 N–H and O–H groups in total. The van der Waals surface area contributed by atoms with E-state index in [1.54, 1.807) is 0 Å². The van der Waals surface area contributed by atoms with Gasteiger partial charge in [-0.15, -0.1) is 0 Å². The molecule has 0 radical (unpaired) electrons. The third-order valence-electron chi connectivity index (χ3n) is 4.99. The van der Waals surface area contributed by atoms with Crippen molar-refractivity contribution in [2.24, 2.45) is 5.92 Å². The second kappa shape index (κ2) is 11.2. The Balaban J connectivity index is 1.98. The van der Waals surface area contributed by atoms with Crippen LogP contribution >= 0.6 is 0 Å². The van der Waals surface area contributed by atoms with Gasteiger partial charge < -0.3 is 19.9 Å². The number of benzene rings is 1. The third-order valence-corrected chi connectivity index (χ3v) is 4.99. The normalized spacial score (nSPS) is 13.7. The lowest BCUT2D eigenvalue weighted by Gasteiger charge is -2.25. The van der Waals surface area contributed by atoms with Crippen LogP contribution in [0.15, 0.2) is 42.6 Å². The van der Waals surface area contributed by atoms with Gasteiger partial charge in [-0.2, -0.15) is 0 Å². The minimum atomic E-state index is -0.897. The number of aromatic nitrogens is 1. The quantitative estimate of drug-likeness (QED) is 0.578. The summed E-state index contributed by atoms with van der Waals surface area (Å²) in [6, 6.07) is 10.6. The van der Waals surface area contributed by atoms with Gasteiger partial charge in [0.1, 0.15) is 12.1 Å². The minimum absolute atomic E-state index is 0.127. The summed E-state index contributed by atoms with van der Waals surface area (Å²) >= 11 is 0. The van der Waals surface area contributed by atoms with Gasteiger partial charge in [-0.3, -0.25) is 4.79 Å². The van der Waals surface area contributed by atoms with Crippen molar-refractivity contribution in [2.45, 2.75) is 52.2 Å². The molecule has 1 amide bonds. The Morgan fingerprint density at radius 3 is 2.50 bits per heavy atom. The van der Waals surface area contributed by atoms with E-state index < -0.39 is 17.9 Å². The minimum Gasteiger partial charge on any atom is -0.503 e. The summed E-state index contributed by atoms with van der Waals surface area (Å²) in [7, 11) is 1.38. The number of carbonyl (C=O) groups excluding carboxylic acids is 2. The zero-order chi connectivity index (χ0) is 22.1. The van der Waals surface area contributed by atoms with Crippen LogP contribution in [0.3, 0.4) is 0 Å². The summed E-state index contributed by atoms with van der Waals surface area (Å²) in [5.74, 6) is -1.29. The molecule has 1 aromatic carbocycles. The molecule has 2 aromatic rings. The molecular formula is C23H30N2O5. The highest BCUT2D eigenvalue weighted by atomic mass is 16.5. The van der Waals surface area contributed by atoms with Crippen molar-refractivity contribution in [1.82, 2.24) is 10.3 Å². The number of esters is 1. The Morgan fingerprint density at radius 1 is 1.17 bits per heavy atom. The van der Waals surface area contributed by atoms with E-state index >= 15 is 0 Å². The fourth-order valence-corrected chi connectivity index (χ4v) is 3.26. The molecule has 0 spiro atoms. The molecule has 7 nitrogen and oxygen atoms in total. The Kier molecular flexibility index (Phi) is 8.65. The lowest BCUT2D eigenvalue weighted by Crippen LogP contribution is -2.42. The Hall–Kier alpha value is -3.09. The van der Waals surface area contributed by atoms with Gasteiger partial charge >= 0.3 is 5.97 Å². The third kappa shape index (κ3) is 6.20. The van der Waals surface area contributed by atoms with Crippen LogP contribution in [0.1, 0.15) is 49.7 Å². The van der Waals surface area contributed by atoms with Crippen LogP contribution < -0.4 is 10.1 Å².